The Balaban J connectivity index is 0. The summed E-state index contributed by atoms with van der Waals surface area (Å²) in [7, 11) is 30.3. The minimum absolute atomic E-state index is 0. The maximum Gasteiger partial charge on any atom is 1.00 e. The first-order valence-corrected chi connectivity index (χ1v) is 18.6. The summed E-state index contributed by atoms with van der Waals surface area (Å²) in [6.07, 6.45) is 0. The van der Waals surface area contributed by atoms with E-state index in [1.54, 1.807) is 0 Å². The van der Waals surface area contributed by atoms with Crippen molar-refractivity contribution in [1.29, 1.82) is 0 Å². The van der Waals surface area contributed by atoms with Crippen molar-refractivity contribution in [3.05, 3.63) is 0 Å². The summed E-state index contributed by atoms with van der Waals surface area (Å²) < 4.78 is 0. The van der Waals surface area contributed by atoms with E-state index in [9.17, 15) is 0 Å². The van der Waals surface area contributed by atoms with Crippen molar-refractivity contribution in [2.45, 2.75) is 0 Å². The predicted octanol–water partition coefficient (Wildman–Crippen LogP) is 1.14. The van der Waals surface area contributed by atoms with Gasteiger partial charge in [-0.2, -0.15) is 0 Å². The number of hydrogen-bond donors (Lipinski definition) is 0. The van der Waals surface area contributed by atoms with Gasteiger partial charge in [0.05, 0.1) is 0 Å². The van der Waals surface area contributed by atoms with Crippen molar-refractivity contribution in [2.24, 2.45) is 0 Å². The second-order valence-corrected chi connectivity index (χ2v) is 52.6. The van der Waals surface area contributed by atoms with Crippen LogP contribution < -0.4 is 29.6 Å². The molecule has 0 rings (SSSR count). The first-order chi connectivity index (χ1) is 2.45. The van der Waals surface area contributed by atoms with Gasteiger partial charge in [0.1, 0.15) is 0 Å². The van der Waals surface area contributed by atoms with Gasteiger partial charge < -0.3 is 0 Å². The van der Waals surface area contributed by atoms with Gasteiger partial charge in [-0.1, -0.05) is 0 Å². The van der Waals surface area contributed by atoms with Crippen LogP contribution in [0.5, 0.6) is 0 Å². The van der Waals surface area contributed by atoms with Crippen LogP contribution in [0.15, 0.2) is 0 Å². The maximum atomic E-state index is 5.06. The number of hydrogen-bond acceptors (Lipinski definition) is 0. The molecular weight excluding hydrogens is 428 g/mol. The molecule has 0 aromatic carbocycles. The third-order valence-electron chi connectivity index (χ3n) is 0. The molecule has 0 fully saturated rings. The van der Waals surface area contributed by atoms with Crippen LogP contribution in [-0.4, -0.2) is 0 Å². The monoisotopic (exact) mass is 426 g/mol. The van der Waals surface area contributed by atoms with Crippen LogP contribution in [0.1, 0.15) is 0 Å². The first-order valence-electron chi connectivity index (χ1n) is 0.756. The zero-order valence-electron chi connectivity index (χ0n) is 3.60. The summed E-state index contributed by atoms with van der Waals surface area (Å²) in [5.41, 5.74) is 0. The summed E-state index contributed by atoms with van der Waals surface area (Å²) in [6.45, 7) is -5.33. The van der Waals surface area contributed by atoms with Gasteiger partial charge in [-0.3, -0.25) is 0 Å². The van der Waals surface area contributed by atoms with Gasteiger partial charge >= 0.3 is 93.9 Å². The van der Waals surface area contributed by atoms with Gasteiger partial charge in [-0.25, -0.2) is 0 Å². The van der Waals surface area contributed by atoms with Gasteiger partial charge in [0, 0.05) is 0 Å². The fourth-order valence-corrected chi connectivity index (χ4v) is 0. The molecule has 0 radical (unpaired) electrons. The summed E-state index contributed by atoms with van der Waals surface area (Å²) in [6, 6.07) is 0. The van der Waals surface area contributed by atoms with E-state index >= 15 is 0 Å². The summed E-state index contributed by atoms with van der Waals surface area (Å²) in [5, 5.41) is 0. The van der Waals surface area contributed by atoms with E-state index < -0.39 is 6.81 Å². The molecule has 0 aliphatic rings. The fraction of sp³-hybridized carbons (Fsp3) is 0. The molecule has 0 aliphatic heterocycles. The molecule has 0 amide bonds. The summed E-state index contributed by atoms with van der Waals surface area (Å²) in [5.74, 6) is 0. The minimum atomic E-state index is -5.33. The topological polar surface area (TPSA) is 0 Å². The Morgan fingerprint density at radius 2 is 0.625 bits per heavy atom. The van der Waals surface area contributed by atoms with Gasteiger partial charge in [-0.15, -0.1) is 0 Å². The number of rotatable bonds is 0. The molecule has 0 aromatic rings. The molecule has 0 saturated carbocycles. The maximum absolute atomic E-state index is 5.33. The predicted molar refractivity (Wildman–Crippen MR) is 35.1 cm³/mol. The van der Waals surface area contributed by atoms with Crippen molar-refractivity contribution >= 4 is 57.5 Å². The third kappa shape index (κ3) is 57.5. The first kappa shape index (κ1) is 13.9. The Labute approximate surface area is 91.9 Å². The van der Waals surface area contributed by atoms with Crippen molar-refractivity contribution in [2.75, 3.05) is 0 Å². The second kappa shape index (κ2) is 2.71. The van der Waals surface area contributed by atoms with E-state index in [-0.39, 0.29) is 29.6 Å². The Hall–Kier alpha value is 3.39. The molecule has 0 aromatic heterocycles. The van der Waals surface area contributed by atoms with Crippen LogP contribution in [0, 0.1) is 0 Å². The molecule has 0 bridgehead atoms. The standard InChI is InChI=1S/6ClH.Ir.Na/h6*1H;;/q;;;;;;+3;+1/p-6. The van der Waals surface area contributed by atoms with Crippen molar-refractivity contribution < 1.29 is 36.4 Å². The van der Waals surface area contributed by atoms with Crippen LogP contribution in [0.3, 0.4) is 0 Å². The zero-order valence-corrected chi connectivity index (χ0v) is 12.5. The van der Waals surface area contributed by atoms with Crippen LogP contribution in [0.4, 0.5) is 0 Å². The SMILES string of the molecule is [Cl][Ir-3]([Cl])([Cl])([Cl])([Cl])[Cl].[Na+]. The molecule has 0 spiro atoms. The van der Waals surface area contributed by atoms with Gasteiger partial charge in [0.2, 0.25) is 0 Å². The molecule has 54 valence electrons. The van der Waals surface area contributed by atoms with E-state index in [4.69, 9.17) is 57.5 Å². The molecule has 8 heteroatoms. The molecule has 0 saturated heterocycles. The molecule has 0 aliphatic carbocycles. The number of halogens is 6. The average molecular weight is 428 g/mol. The van der Waals surface area contributed by atoms with Crippen molar-refractivity contribution in [3.8, 4) is 0 Å². The summed E-state index contributed by atoms with van der Waals surface area (Å²) >= 11 is 0. The smallest absolute Gasteiger partial charge is 1.00 e. The van der Waals surface area contributed by atoms with E-state index in [1.165, 1.54) is 0 Å². The Kier molecular flexibility index (Phi) is 4.72. The van der Waals surface area contributed by atoms with Crippen LogP contribution >= 0.6 is 57.5 Å². The molecule has 8 heavy (non-hydrogen) atoms. The zero-order chi connectivity index (χ0) is 6.41. The Morgan fingerprint density at radius 1 is 0.625 bits per heavy atom. The Morgan fingerprint density at radius 3 is 0.625 bits per heavy atom. The molecule has 0 nitrogen and oxygen atoms in total. The third-order valence-corrected chi connectivity index (χ3v) is 0. The molecule has 0 atom stereocenters. The molecule has 0 N–H and O–H groups in total. The average Bonchev–Trinajstić information content (AvgIpc) is 0.592. The minimum Gasteiger partial charge on any atom is 1.00 e. The van der Waals surface area contributed by atoms with Gasteiger partial charge in [0.15, 0.2) is 0 Å². The van der Waals surface area contributed by atoms with Gasteiger partial charge in [0.25, 0.3) is 0 Å². The van der Waals surface area contributed by atoms with E-state index in [2.05, 4.69) is 0 Å². The Bertz CT molecular complexity index is 67.1. The van der Waals surface area contributed by atoms with Crippen LogP contribution in [0.2, 0.25) is 0 Å². The van der Waals surface area contributed by atoms with E-state index in [1.807, 2.05) is 0 Å². The largest absolute Gasteiger partial charge is 1.00 e. The molecule has 0 unspecified atom stereocenters. The van der Waals surface area contributed by atoms with E-state index in [0.717, 1.165) is 0 Å². The van der Waals surface area contributed by atoms with E-state index in [0.29, 0.717) is 0 Å². The fourth-order valence-electron chi connectivity index (χ4n) is 0. The quantitative estimate of drug-likeness (QED) is 0.509. The van der Waals surface area contributed by atoms with Gasteiger partial charge in [-0.05, 0) is 0 Å². The van der Waals surface area contributed by atoms with Crippen molar-refractivity contribution in [1.82, 2.24) is 0 Å². The van der Waals surface area contributed by atoms with Crippen molar-refractivity contribution in [3.63, 3.8) is 0 Å². The normalized spacial score (nSPS) is 20.2. The van der Waals surface area contributed by atoms with Crippen LogP contribution in [0.25, 0.3) is 0 Å². The second-order valence-electron chi connectivity index (χ2n) is 0.714. The molecule has 0 heterocycles. The molecular formula is Cl6IrNa-2. The summed E-state index contributed by atoms with van der Waals surface area (Å²) in [4.78, 5) is 0. The van der Waals surface area contributed by atoms with Crippen LogP contribution in [-0.2, 0) is 6.81 Å².